The van der Waals surface area contributed by atoms with Crippen LogP contribution in [0.2, 0.25) is 0 Å². The molecule has 8 nitrogen and oxygen atoms in total. The van der Waals surface area contributed by atoms with Crippen LogP contribution in [-0.2, 0) is 22.6 Å². The minimum Gasteiger partial charge on any atom is -0.389 e. The Bertz CT molecular complexity index is 942. The molecule has 2 heterocycles. The highest BCUT2D eigenvalue weighted by molar-refractivity contribution is 5.79. The predicted octanol–water partition coefficient (Wildman–Crippen LogP) is 1.16. The van der Waals surface area contributed by atoms with Gasteiger partial charge in [0.25, 0.3) is 0 Å². The van der Waals surface area contributed by atoms with E-state index in [1.54, 1.807) is 11.9 Å². The van der Waals surface area contributed by atoms with Gasteiger partial charge in [-0.05, 0) is 38.3 Å². The fraction of sp³-hybridized carbons (Fsp3) is 0.609. The fourth-order valence-corrected chi connectivity index (χ4v) is 5.13. The number of fused-ring (bicyclic) bond motifs is 1. The number of nitrogens with zero attached hydrogens (tertiary/aromatic N) is 4. The van der Waals surface area contributed by atoms with Gasteiger partial charge in [-0.2, -0.15) is 0 Å². The minimum atomic E-state index is -0.621. The van der Waals surface area contributed by atoms with Crippen molar-refractivity contribution in [3.63, 3.8) is 0 Å². The lowest BCUT2D eigenvalue weighted by Crippen LogP contribution is -2.55. The molecule has 2 fully saturated rings. The maximum Gasteiger partial charge on any atom is 0.234 e. The highest BCUT2D eigenvalue weighted by Gasteiger charge is 2.42. The zero-order valence-corrected chi connectivity index (χ0v) is 18.5. The third kappa shape index (κ3) is 4.45. The van der Waals surface area contributed by atoms with Gasteiger partial charge in [0.05, 0.1) is 29.7 Å². The standard InChI is InChI=1S/C23H33N5O3/c1-3-28-17-8-5-4-7-16(17)25-20(28)9-6-10-22(30)26(2)18-11-12-19(23(18)31)27-14-13-24-21(29)15-27/h4-5,7-8,18-19,23,31H,3,6,9-15H2,1-2H3,(H,24,29)/t18-,19-,23-/m1/s1. The molecule has 0 unspecified atom stereocenters. The van der Waals surface area contributed by atoms with Crippen molar-refractivity contribution >= 4 is 22.8 Å². The zero-order valence-electron chi connectivity index (χ0n) is 18.5. The summed E-state index contributed by atoms with van der Waals surface area (Å²) in [6.45, 7) is 4.65. The van der Waals surface area contributed by atoms with Crippen molar-refractivity contribution in [1.82, 2.24) is 24.7 Å². The van der Waals surface area contributed by atoms with E-state index in [1.807, 2.05) is 18.2 Å². The Balaban J connectivity index is 1.31. The molecule has 0 spiro atoms. The van der Waals surface area contributed by atoms with Crippen LogP contribution < -0.4 is 5.32 Å². The van der Waals surface area contributed by atoms with Crippen LogP contribution in [0.4, 0.5) is 0 Å². The molecule has 1 saturated heterocycles. The summed E-state index contributed by atoms with van der Waals surface area (Å²) in [5.41, 5.74) is 2.13. The van der Waals surface area contributed by atoms with Crippen LogP contribution in [0.1, 0.15) is 38.4 Å². The normalized spacial score (nSPS) is 24.5. The molecule has 1 saturated carbocycles. The number of hydrogen-bond acceptors (Lipinski definition) is 5. The summed E-state index contributed by atoms with van der Waals surface area (Å²) in [5.74, 6) is 1.08. The van der Waals surface area contributed by atoms with Crippen molar-refractivity contribution in [1.29, 1.82) is 0 Å². The number of imidazole rings is 1. The zero-order chi connectivity index (χ0) is 22.0. The summed E-state index contributed by atoms with van der Waals surface area (Å²) in [4.78, 5) is 33.0. The van der Waals surface area contributed by atoms with Gasteiger partial charge < -0.3 is 19.9 Å². The molecular formula is C23H33N5O3. The molecule has 2 N–H and O–H groups in total. The van der Waals surface area contributed by atoms with Crippen molar-refractivity contribution in [3.05, 3.63) is 30.1 Å². The van der Waals surface area contributed by atoms with Gasteiger partial charge in [-0.1, -0.05) is 12.1 Å². The van der Waals surface area contributed by atoms with Crippen molar-refractivity contribution in [2.75, 3.05) is 26.7 Å². The molecular weight excluding hydrogens is 394 g/mol. The van der Waals surface area contributed by atoms with Crippen LogP contribution in [0.3, 0.4) is 0 Å². The maximum absolute atomic E-state index is 12.8. The second kappa shape index (κ2) is 9.36. The first kappa shape index (κ1) is 21.8. The molecule has 0 bridgehead atoms. The Morgan fingerprint density at radius 1 is 1.32 bits per heavy atom. The van der Waals surface area contributed by atoms with Crippen LogP contribution in [0.15, 0.2) is 24.3 Å². The van der Waals surface area contributed by atoms with Gasteiger partial charge in [-0.3, -0.25) is 14.5 Å². The van der Waals surface area contributed by atoms with Crippen LogP contribution in [0.5, 0.6) is 0 Å². The topological polar surface area (TPSA) is 90.7 Å². The van der Waals surface area contributed by atoms with Gasteiger partial charge in [0, 0.05) is 45.6 Å². The Morgan fingerprint density at radius 3 is 2.90 bits per heavy atom. The van der Waals surface area contributed by atoms with Gasteiger partial charge in [-0.25, -0.2) is 4.98 Å². The molecule has 3 atom stereocenters. The van der Waals surface area contributed by atoms with E-state index in [0.717, 1.165) is 55.6 Å². The number of aryl methyl sites for hydroxylation is 2. The lowest BCUT2D eigenvalue weighted by Gasteiger charge is -2.36. The first-order valence-corrected chi connectivity index (χ1v) is 11.4. The first-order valence-electron chi connectivity index (χ1n) is 11.4. The number of piperazine rings is 1. The number of carbonyl (C=O) groups excluding carboxylic acids is 2. The van der Waals surface area contributed by atoms with Gasteiger partial charge in [0.2, 0.25) is 11.8 Å². The molecule has 168 valence electrons. The van der Waals surface area contributed by atoms with E-state index >= 15 is 0 Å². The molecule has 4 rings (SSSR count). The molecule has 2 amide bonds. The molecule has 1 aliphatic heterocycles. The predicted molar refractivity (Wildman–Crippen MR) is 119 cm³/mol. The monoisotopic (exact) mass is 427 g/mol. The molecule has 1 aromatic carbocycles. The molecule has 1 aromatic heterocycles. The number of amides is 2. The van der Waals surface area contributed by atoms with E-state index in [1.165, 1.54) is 0 Å². The summed E-state index contributed by atoms with van der Waals surface area (Å²) in [6.07, 6.45) is 2.86. The summed E-state index contributed by atoms with van der Waals surface area (Å²) in [7, 11) is 1.79. The number of aliphatic hydroxyl groups is 1. The van der Waals surface area contributed by atoms with Crippen LogP contribution in [0.25, 0.3) is 11.0 Å². The average molecular weight is 428 g/mol. The number of hydrogen-bond donors (Lipinski definition) is 2. The molecule has 0 radical (unpaired) electrons. The largest absolute Gasteiger partial charge is 0.389 e. The van der Waals surface area contributed by atoms with Crippen molar-refractivity contribution < 1.29 is 14.7 Å². The number of rotatable bonds is 7. The SMILES string of the molecule is CCn1c(CCCC(=O)N(C)[C@@H]2CC[C@@H](N3CCNC(=O)C3)[C@@H]2O)nc2ccccc21. The fourth-order valence-electron chi connectivity index (χ4n) is 5.13. The number of likely N-dealkylation sites (N-methyl/N-ethyl adjacent to an activating group) is 1. The summed E-state index contributed by atoms with van der Waals surface area (Å²) in [6, 6.07) is 7.87. The molecule has 1 aliphatic carbocycles. The van der Waals surface area contributed by atoms with Crippen LogP contribution in [0, 0.1) is 0 Å². The smallest absolute Gasteiger partial charge is 0.234 e. The van der Waals surface area contributed by atoms with E-state index in [9.17, 15) is 14.7 Å². The number of nitrogens with one attached hydrogen (secondary N) is 1. The summed E-state index contributed by atoms with van der Waals surface area (Å²) >= 11 is 0. The number of aromatic nitrogens is 2. The quantitative estimate of drug-likeness (QED) is 0.692. The number of para-hydroxylation sites is 2. The van der Waals surface area contributed by atoms with Crippen molar-refractivity contribution in [2.24, 2.45) is 0 Å². The average Bonchev–Trinajstić information content (AvgIpc) is 3.32. The highest BCUT2D eigenvalue weighted by Crippen LogP contribution is 2.29. The van der Waals surface area contributed by atoms with Gasteiger partial charge in [0.1, 0.15) is 5.82 Å². The van der Waals surface area contributed by atoms with Crippen molar-refractivity contribution in [2.45, 2.75) is 63.8 Å². The number of carbonyl (C=O) groups is 2. The third-order valence-electron chi connectivity index (χ3n) is 6.82. The molecule has 8 heteroatoms. The second-order valence-electron chi connectivity index (χ2n) is 8.64. The van der Waals surface area contributed by atoms with Gasteiger partial charge >= 0.3 is 0 Å². The maximum atomic E-state index is 12.8. The Labute approximate surface area is 183 Å². The van der Waals surface area contributed by atoms with Crippen LogP contribution >= 0.6 is 0 Å². The third-order valence-corrected chi connectivity index (χ3v) is 6.82. The van der Waals surface area contributed by atoms with Gasteiger partial charge in [-0.15, -0.1) is 0 Å². The molecule has 2 aliphatic rings. The summed E-state index contributed by atoms with van der Waals surface area (Å²) < 4.78 is 2.21. The first-order chi connectivity index (χ1) is 15.0. The Hall–Kier alpha value is -2.45. The Kier molecular flexibility index (Phi) is 6.57. The highest BCUT2D eigenvalue weighted by atomic mass is 16.3. The lowest BCUT2D eigenvalue weighted by molar-refractivity contribution is -0.135. The van der Waals surface area contributed by atoms with E-state index in [4.69, 9.17) is 4.98 Å². The number of aliphatic hydroxyl groups excluding tert-OH is 1. The van der Waals surface area contributed by atoms with E-state index in [-0.39, 0.29) is 23.9 Å². The second-order valence-corrected chi connectivity index (χ2v) is 8.64. The van der Waals surface area contributed by atoms with Crippen molar-refractivity contribution in [3.8, 4) is 0 Å². The Morgan fingerprint density at radius 2 is 2.13 bits per heavy atom. The van der Waals surface area contributed by atoms with Gasteiger partial charge in [0.15, 0.2) is 0 Å². The van der Waals surface area contributed by atoms with E-state index < -0.39 is 6.10 Å². The molecule has 31 heavy (non-hydrogen) atoms. The van der Waals surface area contributed by atoms with E-state index in [2.05, 4.69) is 27.8 Å². The van der Waals surface area contributed by atoms with E-state index in [0.29, 0.717) is 19.5 Å². The molecule has 2 aromatic rings. The minimum absolute atomic E-state index is 0.00410. The lowest BCUT2D eigenvalue weighted by atomic mass is 10.1. The number of benzene rings is 1. The van der Waals surface area contributed by atoms with Crippen LogP contribution in [-0.4, -0.2) is 81.1 Å². The summed E-state index contributed by atoms with van der Waals surface area (Å²) in [5, 5.41) is 13.7.